The van der Waals surface area contributed by atoms with Crippen LogP contribution in [0.3, 0.4) is 0 Å². The average Bonchev–Trinajstić information content (AvgIpc) is 3.16. The monoisotopic (exact) mass is 362 g/mol. The number of rotatable bonds is 4. The predicted octanol–water partition coefficient (Wildman–Crippen LogP) is 1.41. The fourth-order valence-corrected chi connectivity index (χ4v) is 3.64. The normalized spacial score (nSPS) is 17.6. The number of hydrogen-bond donors (Lipinski definition) is 2. The first kappa shape index (κ1) is 17.2. The highest BCUT2D eigenvalue weighted by Crippen LogP contribution is 2.22. The number of thiophene rings is 1. The minimum atomic E-state index is -1.07. The molecule has 1 fully saturated rings. The highest BCUT2D eigenvalue weighted by molar-refractivity contribution is 7.15. The number of nitrogens with one attached hydrogen (secondary N) is 1. The topological polar surface area (TPSA) is 105 Å². The van der Waals surface area contributed by atoms with Gasteiger partial charge in [0.05, 0.1) is 10.6 Å². The molecule has 25 heavy (non-hydrogen) atoms. The lowest BCUT2D eigenvalue weighted by molar-refractivity contribution is -0.121. The molecule has 1 unspecified atom stereocenters. The standard InChI is InChI=1S/C16H18N4O4S/c1-9-8-13(19(2)18-9)20-7-3-4-10(15(20)22)17-14(21)11-5-6-12(25-11)16(23)24/h5-6,8,10H,3-4,7H2,1-2H3,(H,17,21)(H,23,24). The van der Waals surface area contributed by atoms with Crippen molar-refractivity contribution in [1.29, 1.82) is 0 Å². The second-order valence-corrected chi connectivity index (χ2v) is 6.98. The number of carbonyl (C=O) groups excluding carboxylic acids is 2. The fraction of sp³-hybridized carbons (Fsp3) is 0.375. The SMILES string of the molecule is Cc1cc(N2CCCC(NC(=O)c3ccc(C(=O)O)s3)C2=O)n(C)n1. The van der Waals surface area contributed by atoms with Crippen molar-refractivity contribution < 1.29 is 19.5 Å². The van der Waals surface area contributed by atoms with E-state index in [0.29, 0.717) is 18.8 Å². The first-order valence-electron chi connectivity index (χ1n) is 7.83. The van der Waals surface area contributed by atoms with Gasteiger partial charge in [-0.15, -0.1) is 11.3 Å². The Balaban J connectivity index is 1.73. The number of amides is 2. The van der Waals surface area contributed by atoms with E-state index in [9.17, 15) is 14.4 Å². The molecule has 2 aromatic heterocycles. The number of carbonyl (C=O) groups is 3. The molecule has 1 aliphatic rings. The number of aryl methyl sites for hydroxylation is 2. The van der Waals surface area contributed by atoms with E-state index >= 15 is 0 Å². The first-order chi connectivity index (χ1) is 11.9. The van der Waals surface area contributed by atoms with Crippen LogP contribution in [0.1, 0.15) is 37.9 Å². The van der Waals surface area contributed by atoms with E-state index in [1.54, 1.807) is 16.6 Å². The van der Waals surface area contributed by atoms with Gasteiger partial charge in [-0.05, 0) is 31.9 Å². The van der Waals surface area contributed by atoms with E-state index in [0.717, 1.165) is 23.5 Å². The molecule has 132 valence electrons. The summed E-state index contributed by atoms with van der Waals surface area (Å²) in [5, 5.41) is 15.9. The highest BCUT2D eigenvalue weighted by atomic mass is 32.1. The summed E-state index contributed by atoms with van der Waals surface area (Å²) in [4.78, 5) is 38.0. The summed E-state index contributed by atoms with van der Waals surface area (Å²) < 4.78 is 1.65. The van der Waals surface area contributed by atoms with Gasteiger partial charge in [-0.2, -0.15) is 5.10 Å². The van der Waals surface area contributed by atoms with Crippen LogP contribution in [0.25, 0.3) is 0 Å². The van der Waals surface area contributed by atoms with Crippen molar-refractivity contribution in [2.45, 2.75) is 25.8 Å². The van der Waals surface area contributed by atoms with E-state index in [1.807, 2.05) is 13.0 Å². The number of aromatic nitrogens is 2. The fourth-order valence-electron chi connectivity index (χ4n) is 2.89. The molecular formula is C16H18N4O4S. The Kier molecular flexibility index (Phi) is 4.58. The van der Waals surface area contributed by atoms with E-state index < -0.39 is 17.9 Å². The highest BCUT2D eigenvalue weighted by Gasteiger charge is 2.32. The van der Waals surface area contributed by atoms with E-state index in [2.05, 4.69) is 10.4 Å². The van der Waals surface area contributed by atoms with Crippen LogP contribution in [-0.2, 0) is 11.8 Å². The van der Waals surface area contributed by atoms with Crippen LogP contribution in [0.15, 0.2) is 18.2 Å². The molecule has 3 heterocycles. The second-order valence-electron chi connectivity index (χ2n) is 5.89. The smallest absolute Gasteiger partial charge is 0.345 e. The summed E-state index contributed by atoms with van der Waals surface area (Å²) in [5.74, 6) is -0.988. The molecule has 0 aromatic carbocycles. The van der Waals surface area contributed by atoms with Crippen molar-refractivity contribution in [2.24, 2.45) is 7.05 Å². The molecule has 2 aromatic rings. The third-order valence-corrected chi connectivity index (χ3v) is 5.11. The molecule has 0 bridgehead atoms. The number of aromatic carboxylic acids is 1. The summed E-state index contributed by atoms with van der Waals surface area (Å²) in [7, 11) is 1.77. The first-order valence-corrected chi connectivity index (χ1v) is 8.64. The van der Waals surface area contributed by atoms with Gasteiger partial charge in [-0.3, -0.25) is 19.2 Å². The van der Waals surface area contributed by atoms with E-state index in [-0.39, 0.29) is 15.7 Å². The van der Waals surface area contributed by atoms with Gasteiger partial charge in [0.15, 0.2) is 0 Å². The molecule has 2 amide bonds. The van der Waals surface area contributed by atoms with Crippen molar-refractivity contribution >= 4 is 34.9 Å². The van der Waals surface area contributed by atoms with Crippen molar-refractivity contribution in [3.05, 3.63) is 33.6 Å². The maximum absolute atomic E-state index is 12.7. The summed E-state index contributed by atoms with van der Waals surface area (Å²) in [6, 6.07) is 4.04. The van der Waals surface area contributed by atoms with E-state index in [1.165, 1.54) is 12.1 Å². The molecule has 1 atom stereocenters. The van der Waals surface area contributed by atoms with Crippen LogP contribution in [0, 0.1) is 6.92 Å². The van der Waals surface area contributed by atoms with Crippen molar-refractivity contribution in [1.82, 2.24) is 15.1 Å². The zero-order valence-electron chi connectivity index (χ0n) is 13.9. The third-order valence-electron chi connectivity index (χ3n) is 4.04. The number of anilines is 1. The largest absolute Gasteiger partial charge is 0.477 e. The lowest BCUT2D eigenvalue weighted by atomic mass is 10.0. The predicted molar refractivity (Wildman–Crippen MR) is 92.1 cm³/mol. The molecule has 1 saturated heterocycles. The summed E-state index contributed by atoms with van der Waals surface area (Å²) >= 11 is 0.891. The molecule has 0 radical (unpaired) electrons. The second kappa shape index (κ2) is 6.67. The Morgan fingerprint density at radius 3 is 2.68 bits per heavy atom. The minimum Gasteiger partial charge on any atom is -0.477 e. The molecular weight excluding hydrogens is 344 g/mol. The van der Waals surface area contributed by atoms with Gasteiger partial charge < -0.3 is 10.4 Å². The summed E-state index contributed by atoms with van der Waals surface area (Å²) in [6.07, 6.45) is 1.31. The van der Waals surface area contributed by atoms with Crippen LogP contribution >= 0.6 is 11.3 Å². The Morgan fingerprint density at radius 2 is 2.08 bits per heavy atom. The lowest BCUT2D eigenvalue weighted by Crippen LogP contribution is -2.52. The minimum absolute atomic E-state index is 0.0899. The van der Waals surface area contributed by atoms with E-state index in [4.69, 9.17) is 5.11 Å². The van der Waals surface area contributed by atoms with Crippen molar-refractivity contribution in [2.75, 3.05) is 11.4 Å². The molecule has 3 rings (SSSR count). The van der Waals surface area contributed by atoms with Gasteiger partial charge in [0.25, 0.3) is 11.8 Å². The summed E-state index contributed by atoms with van der Waals surface area (Å²) in [6.45, 7) is 2.43. The molecule has 0 aliphatic carbocycles. The zero-order chi connectivity index (χ0) is 18.1. The maximum atomic E-state index is 12.7. The Morgan fingerprint density at radius 1 is 1.36 bits per heavy atom. The number of nitrogens with zero attached hydrogens (tertiary/aromatic N) is 3. The number of piperidine rings is 1. The Bertz CT molecular complexity index is 841. The van der Waals surface area contributed by atoms with Crippen LogP contribution in [0.5, 0.6) is 0 Å². The molecule has 2 N–H and O–H groups in total. The van der Waals surface area contributed by atoms with Gasteiger partial charge in [-0.1, -0.05) is 0 Å². The summed E-state index contributed by atoms with van der Waals surface area (Å²) in [5.41, 5.74) is 0.816. The molecule has 1 aliphatic heterocycles. The maximum Gasteiger partial charge on any atom is 0.345 e. The van der Waals surface area contributed by atoms with Crippen LogP contribution < -0.4 is 10.2 Å². The molecule has 9 heteroatoms. The van der Waals surface area contributed by atoms with Gasteiger partial charge in [-0.25, -0.2) is 4.79 Å². The van der Waals surface area contributed by atoms with Crippen LogP contribution in [0.2, 0.25) is 0 Å². The third kappa shape index (κ3) is 3.41. The van der Waals surface area contributed by atoms with Gasteiger partial charge >= 0.3 is 5.97 Å². The molecule has 0 saturated carbocycles. The van der Waals surface area contributed by atoms with Gasteiger partial charge in [0.2, 0.25) is 0 Å². The van der Waals surface area contributed by atoms with Gasteiger partial charge in [0, 0.05) is 19.7 Å². The van der Waals surface area contributed by atoms with Crippen LogP contribution in [0.4, 0.5) is 5.82 Å². The lowest BCUT2D eigenvalue weighted by Gasteiger charge is -2.32. The quantitative estimate of drug-likeness (QED) is 0.856. The van der Waals surface area contributed by atoms with Gasteiger partial charge in [0.1, 0.15) is 16.7 Å². The van der Waals surface area contributed by atoms with Crippen molar-refractivity contribution in [3.63, 3.8) is 0 Å². The Labute approximate surface area is 148 Å². The zero-order valence-corrected chi connectivity index (χ0v) is 14.7. The molecule has 8 nitrogen and oxygen atoms in total. The number of carboxylic acid groups (broad SMARTS) is 1. The number of hydrogen-bond acceptors (Lipinski definition) is 5. The Hall–Kier alpha value is -2.68. The molecule has 0 spiro atoms. The average molecular weight is 362 g/mol. The van der Waals surface area contributed by atoms with Crippen LogP contribution in [-0.4, -0.2) is 45.3 Å². The van der Waals surface area contributed by atoms with Crippen molar-refractivity contribution in [3.8, 4) is 0 Å². The number of carboxylic acids is 1.